The molecule has 6 nitrogen and oxygen atoms in total. The molecule has 2 rings (SSSR count). The highest BCUT2D eigenvalue weighted by atomic mass is 35.5. The maximum atomic E-state index is 10.1. The van der Waals surface area contributed by atoms with Crippen molar-refractivity contribution < 1.29 is 29.2 Å². The maximum Gasteiger partial charge on any atom is 0.145 e. The fraction of sp³-hybridized carbons (Fsp3) is 0.583. The quantitative estimate of drug-likeness (QED) is 0.361. The van der Waals surface area contributed by atoms with Gasteiger partial charge in [-0.1, -0.05) is 50.4 Å². The highest BCUT2D eigenvalue weighted by Crippen LogP contribution is 2.37. The molecule has 7 heteroatoms. The molecule has 0 aliphatic heterocycles. The summed E-state index contributed by atoms with van der Waals surface area (Å²) in [6, 6.07) is 9.16. The van der Waals surface area contributed by atoms with E-state index in [0.29, 0.717) is 29.7 Å². The average molecular weight is 455 g/mol. The van der Waals surface area contributed by atoms with Crippen LogP contribution < -0.4 is 9.47 Å². The van der Waals surface area contributed by atoms with Gasteiger partial charge in [0, 0.05) is 24.0 Å². The zero-order valence-corrected chi connectivity index (χ0v) is 19.3. The lowest BCUT2D eigenvalue weighted by atomic mass is 10.1. The number of hydrogen-bond acceptors (Lipinski definition) is 6. The standard InChI is InChI=1S/C24H35ClO6/c1-3-5-12-28-14-18(26)16-30-23-9-7-8-21-20(23)10-11-22(25)24(21)31-17-19(27)15-29-13-6-4-2/h7-11,18-19,26-27H,3-6,12-17H2,1-2H3. The van der Waals surface area contributed by atoms with Gasteiger partial charge in [0.1, 0.15) is 36.9 Å². The fourth-order valence-electron chi connectivity index (χ4n) is 2.94. The third-order valence-corrected chi connectivity index (χ3v) is 4.98. The summed E-state index contributed by atoms with van der Waals surface area (Å²) in [7, 11) is 0. The first kappa shape index (κ1) is 25.7. The van der Waals surface area contributed by atoms with E-state index in [1.807, 2.05) is 24.3 Å². The zero-order valence-electron chi connectivity index (χ0n) is 18.5. The molecule has 0 heterocycles. The van der Waals surface area contributed by atoms with Crippen LogP contribution in [0.15, 0.2) is 30.3 Å². The molecule has 2 unspecified atom stereocenters. The highest BCUT2D eigenvalue weighted by molar-refractivity contribution is 6.33. The Kier molecular flexibility index (Phi) is 12.0. The lowest BCUT2D eigenvalue weighted by Crippen LogP contribution is -2.24. The number of unbranched alkanes of at least 4 members (excludes halogenated alkanes) is 2. The Morgan fingerprint density at radius 1 is 0.774 bits per heavy atom. The second-order valence-corrected chi connectivity index (χ2v) is 7.92. The van der Waals surface area contributed by atoms with Gasteiger partial charge in [0.05, 0.1) is 18.2 Å². The van der Waals surface area contributed by atoms with Gasteiger partial charge in [0.2, 0.25) is 0 Å². The number of halogens is 1. The van der Waals surface area contributed by atoms with E-state index in [1.165, 1.54) is 0 Å². The van der Waals surface area contributed by atoms with E-state index in [0.717, 1.165) is 36.5 Å². The van der Waals surface area contributed by atoms with Gasteiger partial charge in [0.25, 0.3) is 0 Å². The van der Waals surface area contributed by atoms with Gasteiger partial charge in [-0.25, -0.2) is 0 Å². The van der Waals surface area contributed by atoms with Crippen molar-refractivity contribution in [3.63, 3.8) is 0 Å². The van der Waals surface area contributed by atoms with Crippen LogP contribution >= 0.6 is 11.6 Å². The van der Waals surface area contributed by atoms with E-state index >= 15 is 0 Å². The molecule has 2 aromatic rings. The summed E-state index contributed by atoms with van der Waals surface area (Å²) in [5, 5.41) is 22.3. The monoisotopic (exact) mass is 454 g/mol. The molecule has 0 saturated carbocycles. The molecule has 2 atom stereocenters. The molecule has 2 N–H and O–H groups in total. The van der Waals surface area contributed by atoms with Gasteiger partial charge < -0.3 is 29.2 Å². The van der Waals surface area contributed by atoms with Gasteiger partial charge in [0.15, 0.2) is 0 Å². The van der Waals surface area contributed by atoms with Gasteiger partial charge >= 0.3 is 0 Å². The number of ether oxygens (including phenoxy) is 4. The lowest BCUT2D eigenvalue weighted by molar-refractivity contribution is 0.0113. The van der Waals surface area contributed by atoms with E-state index in [9.17, 15) is 10.2 Å². The van der Waals surface area contributed by atoms with E-state index in [4.69, 9.17) is 30.5 Å². The third-order valence-electron chi connectivity index (χ3n) is 4.68. The van der Waals surface area contributed by atoms with E-state index in [1.54, 1.807) is 6.07 Å². The van der Waals surface area contributed by atoms with Gasteiger partial charge in [-0.15, -0.1) is 0 Å². The average Bonchev–Trinajstić information content (AvgIpc) is 2.77. The molecule has 0 bridgehead atoms. The molecule has 0 radical (unpaired) electrons. The third kappa shape index (κ3) is 8.83. The van der Waals surface area contributed by atoms with Crippen molar-refractivity contribution in [1.29, 1.82) is 0 Å². The summed E-state index contributed by atoms with van der Waals surface area (Å²) < 4.78 is 22.6. The molecule has 0 spiro atoms. The van der Waals surface area contributed by atoms with Crippen LogP contribution in [0.2, 0.25) is 5.02 Å². The second kappa shape index (κ2) is 14.5. The van der Waals surface area contributed by atoms with Crippen molar-refractivity contribution in [2.75, 3.05) is 39.6 Å². The largest absolute Gasteiger partial charge is 0.490 e. The number of benzene rings is 2. The van der Waals surface area contributed by atoms with E-state index in [-0.39, 0.29) is 26.4 Å². The molecule has 0 saturated heterocycles. The van der Waals surface area contributed by atoms with Crippen LogP contribution in [-0.4, -0.2) is 62.1 Å². The minimum Gasteiger partial charge on any atom is -0.490 e. The smallest absolute Gasteiger partial charge is 0.145 e. The summed E-state index contributed by atoms with van der Waals surface area (Å²) >= 11 is 6.36. The van der Waals surface area contributed by atoms with Crippen LogP contribution in [0.4, 0.5) is 0 Å². The molecule has 2 aromatic carbocycles. The van der Waals surface area contributed by atoms with Crippen LogP contribution in [0.25, 0.3) is 10.8 Å². The topological polar surface area (TPSA) is 77.4 Å². The van der Waals surface area contributed by atoms with Gasteiger partial charge in [-0.05, 0) is 31.0 Å². The van der Waals surface area contributed by atoms with Crippen LogP contribution in [-0.2, 0) is 9.47 Å². The summed E-state index contributed by atoms with van der Waals surface area (Å²) in [4.78, 5) is 0. The molecular weight excluding hydrogens is 420 g/mol. The van der Waals surface area contributed by atoms with Crippen LogP contribution in [0, 0.1) is 0 Å². The summed E-state index contributed by atoms with van der Waals surface area (Å²) in [5.74, 6) is 1.11. The first-order valence-corrected chi connectivity index (χ1v) is 11.4. The Morgan fingerprint density at radius 2 is 1.39 bits per heavy atom. The zero-order chi connectivity index (χ0) is 22.5. The highest BCUT2D eigenvalue weighted by Gasteiger charge is 2.14. The predicted molar refractivity (Wildman–Crippen MR) is 123 cm³/mol. The molecule has 31 heavy (non-hydrogen) atoms. The Hall–Kier alpha value is -1.57. The normalized spacial score (nSPS) is 13.3. The number of fused-ring (bicyclic) bond motifs is 1. The Morgan fingerprint density at radius 3 is 2.00 bits per heavy atom. The van der Waals surface area contributed by atoms with Crippen molar-refractivity contribution in [1.82, 2.24) is 0 Å². The Bertz CT molecular complexity index is 769. The number of aliphatic hydroxyl groups excluding tert-OH is 2. The first-order chi connectivity index (χ1) is 15.1. The molecule has 0 aliphatic carbocycles. The van der Waals surface area contributed by atoms with Gasteiger partial charge in [-0.2, -0.15) is 0 Å². The van der Waals surface area contributed by atoms with Crippen molar-refractivity contribution >= 4 is 22.4 Å². The molecule has 0 amide bonds. The van der Waals surface area contributed by atoms with Crippen molar-refractivity contribution in [3.05, 3.63) is 35.4 Å². The minimum absolute atomic E-state index is 0.0733. The molecule has 0 aliphatic rings. The van der Waals surface area contributed by atoms with Crippen molar-refractivity contribution in [3.8, 4) is 11.5 Å². The number of hydrogen-bond donors (Lipinski definition) is 2. The summed E-state index contributed by atoms with van der Waals surface area (Å²) in [5.41, 5.74) is 0. The molecular formula is C24H35ClO6. The maximum absolute atomic E-state index is 10.1. The SMILES string of the molecule is CCCCOCC(O)COc1cccc2c(OCC(O)COCCCC)c(Cl)ccc12. The lowest BCUT2D eigenvalue weighted by Gasteiger charge is -2.17. The van der Waals surface area contributed by atoms with E-state index in [2.05, 4.69) is 13.8 Å². The molecule has 0 aromatic heterocycles. The van der Waals surface area contributed by atoms with Crippen molar-refractivity contribution in [2.24, 2.45) is 0 Å². The Labute approximate surface area is 190 Å². The molecule has 174 valence electrons. The van der Waals surface area contributed by atoms with E-state index < -0.39 is 12.2 Å². The van der Waals surface area contributed by atoms with Crippen LogP contribution in [0.5, 0.6) is 11.5 Å². The number of rotatable bonds is 16. The first-order valence-electron chi connectivity index (χ1n) is 11.0. The van der Waals surface area contributed by atoms with Crippen LogP contribution in [0.1, 0.15) is 39.5 Å². The summed E-state index contributed by atoms with van der Waals surface area (Å²) in [6.45, 7) is 6.09. The Balaban J connectivity index is 1.98. The van der Waals surface area contributed by atoms with Gasteiger partial charge in [-0.3, -0.25) is 0 Å². The summed E-state index contributed by atoms with van der Waals surface area (Å²) in [6.07, 6.45) is 2.58. The number of aliphatic hydroxyl groups is 2. The second-order valence-electron chi connectivity index (χ2n) is 7.51. The fourth-order valence-corrected chi connectivity index (χ4v) is 3.16. The van der Waals surface area contributed by atoms with Crippen molar-refractivity contribution in [2.45, 2.75) is 51.7 Å². The minimum atomic E-state index is -0.745. The van der Waals surface area contributed by atoms with Crippen LogP contribution in [0.3, 0.4) is 0 Å². The molecule has 0 fully saturated rings. The predicted octanol–water partition coefficient (Wildman–Crippen LogP) is 4.61.